The Hall–Kier alpha value is -1.58. The third-order valence-corrected chi connectivity index (χ3v) is 1.55. The Morgan fingerprint density at radius 2 is 2.45 bits per heavy atom. The summed E-state index contributed by atoms with van der Waals surface area (Å²) in [5.74, 6) is 0.848. The van der Waals surface area contributed by atoms with Gasteiger partial charge < -0.3 is 10.5 Å². The van der Waals surface area contributed by atoms with Crippen LogP contribution in [0.15, 0.2) is 12.3 Å². The molecule has 1 aliphatic heterocycles. The van der Waals surface area contributed by atoms with E-state index in [1.165, 1.54) is 12.3 Å². The molecule has 4 heteroatoms. The van der Waals surface area contributed by atoms with Gasteiger partial charge in [-0.25, -0.2) is 4.98 Å². The molecule has 11 heavy (non-hydrogen) atoms. The van der Waals surface area contributed by atoms with Crippen LogP contribution in [0.3, 0.4) is 0 Å². The molecule has 0 atom stereocenters. The lowest BCUT2D eigenvalue weighted by molar-refractivity contribution is 0.0961. The summed E-state index contributed by atoms with van der Waals surface area (Å²) in [6.45, 7) is 0.112. The lowest BCUT2D eigenvalue weighted by Gasteiger charge is -1.95. The van der Waals surface area contributed by atoms with Crippen LogP contribution >= 0.6 is 0 Å². The van der Waals surface area contributed by atoms with Crippen molar-refractivity contribution in [3.63, 3.8) is 0 Å². The van der Waals surface area contributed by atoms with Crippen molar-refractivity contribution >= 4 is 11.6 Å². The number of pyridine rings is 1. The number of nitrogens with zero attached hydrogens (tertiary/aromatic N) is 1. The van der Waals surface area contributed by atoms with Gasteiger partial charge in [-0.1, -0.05) is 0 Å². The van der Waals surface area contributed by atoms with Crippen molar-refractivity contribution in [3.05, 3.63) is 17.8 Å². The average molecular weight is 150 g/mol. The van der Waals surface area contributed by atoms with Crippen LogP contribution in [-0.2, 0) is 0 Å². The van der Waals surface area contributed by atoms with Gasteiger partial charge in [0.15, 0.2) is 6.61 Å². The highest BCUT2D eigenvalue weighted by Crippen LogP contribution is 2.24. The predicted octanol–water partition coefficient (Wildman–Crippen LogP) is 0.239. The zero-order valence-electron chi connectivity index (χ0n) is 5.70. The highest BCUT2D eigenvalue weighted by Gasteiger charge is 2.21. The SMILES string of the molecule is Nc1cc2c(cn1)OCC2=O. The molecule has 0 spiro atoms. The molecule has 56 valence electrons. The first-order valence-electron chi connectivity index (χ1n) is 3.19. The predicted molar refractivity (Wildman–Crippen MR) is 38.5 cm³/mol. The van der Waals surface area contributed by atoms with Gasteiger partial charge in [-0.3, -0.25) is 4.79 Å². The summed E-state index contributed by atoms with van der Waals surface area (Å²) in [5, 5.41) is 0. The van der Waals surface area contributed by atoms with Crippen LogP contribution in [-0.4, -0.2) is 17.4 Å². The molecule has 0 bridgehead atoms. The number of hydrogen-bond donors (Lipinski definition) is 1. The Labute approximate surface area is 63.0 Å². The molecule has 1 aliphatic rings. The molecule has 0 aliphatic carbocycles. The summed E-state index contributed by atoms with van der Waals surface area (Å²) in [4.78, 5) is 14.8. The number of nitrogens with two attached hydrogens (primary N) is 1. The zero-order valence-corrected chi connectivity index (χ0v) is 5.70. The van der Waals surface area contributed by atoms with Crippen LogP contribution in [0, 0.1) is 0 Å². The van der Waals surface area contributed by atoms with Crippen LogP contribution in [0.4, 0.5) is 5.82 Å². The van der Waals surface area contributed by atoms with E-state index >= 15 is 0 Å². The lowest BCUT2D eigenvalue weighted by Crippen LogP contribution is -1.99. The van der Waals surface area contributed by atoms with Gasteiger partial charge in [-0.2, -0.15) is 0 Å². The Morgan fingerprint density at radius 3 is 3.27 bits per heavy atom. The minimum Gasteiger partial charge on any atom is -0.483 e. The van der Waals surface area contributed by atoms with Crippen LogP contribution in [0.2, 0.25) is 0 Å². The number of fused-ring (bicyclic) bond motifs is 1. The molecule has 1 aromatic rings. The number of Topliss-reactive ketones (excluding diaryl/α,β-unsaturated/α-hetero) is 1. The van der Waals surface area contributed by atoms with Gasteiger partial charge in [0.05, 0.1) is 11.8 Å². The van der Waals surface area contributed by atoms with Crippen molar-refractivity contribution in [2.24, 2.45) is 0 Å². The average Bonchev–Trinajstić information content (AvgIpc) is 2.33. The highest BCUT2D eigenvalue weighted by molar-refractivity contribution is 6.02. The third kappa shape index (κ3) is 0.832. The molecule has 0 saturated carbocycles. The van der Waals surface area contributed by atoms with Gasteiger partial charge in [0, 0.05) is 0 Å². The smallest absolute Gasteiger partial charge is 0.204 e. The fourth-order valence-electron chi connectivity index (χ4n) is 1.01. The van der Waals surface area contributed by atoms with E-state index in [0.717, 1.165) is 0 Å². The molecule has 2 N–H and O–H groups in total. The van der Waals surface area contributed by atoms with Gasteiger partial charge in [0.1, 0.15) is 11.6 Å². The molecule has 1 aromatic heterocycles. The summed E-state index contributed by atoms with van der Waals surface area (Å²) < 4.78 is 5.00. The Morgan fingerprint density at radius 1 is 1.64 bits per heavy atom. The molecule has 2 heterocycles. The Bertz CT molecular complexity index is 322. The molecule has 0 fully saturated rings. The van der Waals surface area contributed by atoms with E-state index in [0.29, 0.717) is 17.1 Å². The quantitative estimate of drug-likeness (QED) is 0.575. The monoisotopic (exact) mass is 150 g/mol. The lowest BCUT2D eigenvalue weighted by atomic mass is 10.2. The van der Waals surface area contributed by atoms with Crippen LogP contribution in [0.5, 0.6) is 5.75 Å². The number of anilines is 1. The second-order valence-electron chi connectivity index (χ2n) is 2.32. The fourth-order valence-corrected chi connectivity index (χ4v) is 1.01. The van der Waals surface area contributed by atoms with Crippen molar-refractivity contribution in [2.75, 3.05) is 12.3 Å². The van der Waals surface area contributed by atoms with Gasteiger partial charge in [0.25, 0.3) is 0 Å². The number of nitrogen functional groups attached to an aromatic ring is 1. The Balaban J connectivity index is 2.60. The summed E-state index contributed by atoms with van der Waals surface area (Å²) in [6.07, 6.45) is 1.47. The van der Waals surface area contributed by atoms with E-state index in [1.54, 1.807) is 0 Å². The van der Waals surface area contributed by atoms with Crippen LogP contribution in [0.1, 0.15) is 10.4 Å². The van der Waals surface area contributed by atoms with Crippen molar-refractivity contribution < 1.29 is 9.53 Å². The number of carbonyl (C=O) groups excluding carboxylic acids is 1. The van der Waals surface area contributed by atoms with Crippen molar-refractivity contribution in [3.8, 4) is 5.75 Å². The minimum absolute atomic E-state index is 0.0332. The molecular formula is C7H6N2O2. The van der Waals surface area contributed by atoms with Crippen molar-refractivity contribution in [1.82, 2.24) is 4.98 Å². The topological polar surface area (TPSA) is 65.2 Å². The van der Waals surface area contributed by atoms with Crippen molar-refractivity contribution in [1.29, 1.82) is 0 Å². The molecule has 0 saturated heterocycles. The van der Waals surface area contributed by atoms with E-state index < -0.39 is 0 Å². The van der Waals surface area contributed by atoms with E-state index in [-0.39, 0.29) is 12.4 Å². The number of aromatic nitrogens is 1. The van der Waals surface area contributed by atoms with Gasteiger partial charge >= 0.3 is 0 Å². The summed E-state index contributed by atoms with van der Waals surface area (Å²) in [7, 11) is 0. The van der Waals surface area contributed by atoms with E-state index in [2.05, 4.69) is 4.98 Å². The van der Waals surface area contributed by atoms with Crippen molar-refractivity contribution in [2.45, 2.75) is 0 Å². The molecule has 0 radical (unpaired) electrons. The van der Waals surface area contributed by atoms with Crippen LogP contribution < -0.4 is 10.5 Å². The molecular weight excluding hydrogens is 144 g/mol. The summed E-state index contributed by atoms with van der Waals surface area (Å²) >= 11 is 0. The normalized spacial score (nSPS) is 14.4. The number of carbonyl (C=O) groups is 1. The molecule has 0 amide bonds. The summed E-state index contributed by atoms with van der Waals surface area (Å²) in [5.41, 5.74) is 5.91. The standard InChI is InChI=1S/C7H6N2O2/c8-7-1-4-5(10)3-11-6(4)2-9-7/h1-2H,3H2,(H2,8,9). The maximum atomic E-state index is 11.0. The van der Waals surface area contributed by atoms with E-state index in [1.807, 2.05) is 0 Å². The zero-order chi connectivity index (χ0) is 7.84. The molecule has 0 aromatic carbocycles. The molecule has 0 unspecified atom stereocenters. The first-order valence-corrected chi connectivity index (χ1v) is 3.19. The first kappa shape index (κ1) is 6.15. The number of ether oxygens (including phenoxy) is 1. The van der Waals surface area contributed by atoms with E-state index in [4.69, 9.17) is 10.5 Å². The van der Waals surface area contributed by atoms with Gasteiger partial charge in [-0.05, 0) is 6.07 Å². The first-order chi connectivity index (χ1) is 5.27. The van der Waals surface area contributed by atoms with E-state index in [9.17, 15) is 4.79 Å². The highest BCUT2D eigenvalue weighted by atomic mass is 16.5. The number of rotatable bonds is 0. The van der Waals surface area contributed by atoms with Crippen LogP contribution in [0.25, 0.3) is 0 Å². The Kier molecular flexibility index (Phi) is 1.09. The maximum absolute atomic E-state index is 11.0. The second-order valence-corrected chi connectivity index (χ2v) is 2.32. The maximum Gasteiger partial charge on any atom is 0.204 e. The van der Waals surface area contributed by atoms with Gasteiger partial charge in [0.2, 0.25) is 5.78 Å². The number of ketones is 1. The fraction of sp³-hybridized carbons (Fsp3) is 0.143. The largest absolute Gasteiger partial charge is 0.483 e. The third-order valence-electron chi connectivity index (χ3n) is 1.55. The van der Waals surface area contributed by atoms with Gasteiger partial charge in [-0.15, -0.1) is 0 Å². The molecule has 4 nitrogen and oxygen atoms in total. The minimum atomic E-state index is -0.0332. The number of hydrogen-bond acceptors (Lipinski definition) is 4. The summed E-state index contributed by atoms with van der Waals surface area (Å²) in [6, 6.07) is 1.53. The molecule has 2 rings (SSSR count). The second kappa shape index (κ2) is 1.95.